The Balaban J connectivity index is 1.61. The van der Waals surface area contributed by atoms with Crippen LogP contribution in [0.3, 0.4) is 0 Å². The quantitative estimate of drug-likeness (QED) is 0.746. The van der Waals surface area contributed by atoms with Gasteiger partial charge in [0.15, 0.2) is 11.6 Å². The van der Waals surface area contributed by atoms with Gasteiger partial charge < -0.3 is 10.6 Å². The molecule has 0 saturated heterocycles. The fraction of sp³-hybridized carbons (Fsp3) is 0.0588. The topological polar surface area (TPSA) is 79.8 Å². The maximum atomic E-state index is 13.2. The van der Waals surface area contributed by atoms with Gasteiger partial charge in [-0.1, -0.05) is 0 Å². The van der Waals surface area contributed by atoms with Crippen LogP contribution in [0.25, 0.3) is 0 Å². The largest absolute Gasteiger partial charge is 0.348 e. The van der Waals surface area contributed by atoms with E-state index in [4.69, 9.17) is 0 Å². The number of pyridine rings is 1. The Kier molecular flexibility index (Phi) is 4.89. The van der Waals surface area contributed by atoms with Crippen molar-refractivity contribution >= 4 is 17.5 Å². The summed E-state index contributed by atoms with van der Waals surface area (Å²) in [5.74, 6) is -2.07. The van der Waals surface area contributed by atoms with Gasteiger partial charge in [-0.05, 0) is 29.8 Å². The number of rotatable bonds is 5. The third-order valence-corrected chi connectivity index (χ3v) is 3.29. The van der Waals surface area contributed by atoms with Crippen LogP contribution in [0.1, 0.15) is 15.9 Å². The zero-order valence-electron chi connectivity index (χ0n) is 12.9. The van der Waals surface area contributed by atoms with Crippen LogP contribution >= 0.6 is 0 Å². The van der Waals surface area contributed by atoms with E-state index in [2.05, 4.69) is 25.6 Å². The molecule has 0 spiro atoms. The van der Waals surface area contributed by atoms with Crippen LogP contribution in [0.5, 0.6) is 0 Å². The SMILES string of the molecule is O=C(NCc1ccncc1)c1cnc(Nc2ccc(F)c(F)c2)nc1. The maximum Gasteiger partial charge on any atom is 0.254 e. The summed E-state index contributed by atoms with van der Waals surface area (Å²) >= 11 is 0. The van der Waals surface area contributed by atoms with Crippen LogP contribution in [0.15, 0.2) is 55.1 Å². The van der Waals surface area contributed by atoms with E-state index >= 15 is 0 Å². The molecule has 0 fully saturated rings. The Morgan fingerprint density at radius 2 is 1.72 bits per heavy atom. The van der Waals surface area contributed by atoms with Crippen molar-refractivity contribution in [2.75, 3.05) is 5.32 Å². The van der Waals surface area contributed by atoms with Crippen molar-refractivity contribution in [1.29, 1.82) is 0 Å². The second-order valence-corrected chi connectivity index (χ2v) is 5.09. The first-order valence-corrected chi connectivity index (χ1v) is 7.33. The van der Waals surface area contributed by atoms with Gasteiger partial charge in [-0.15, -0.1) is 0 Å². The first-order chi connectivity index (χ1) is 12.1. The summed E-state index contributed by atoms with van der Waals surface area (Å²) in [4.78, 5) is 23.9. The number of carbonyl (C=O) groups is 1. The monoisotopic (exact) mass is 341 g/mol. The fourth-order valence-electron chi connectivity index (χ4n) is 2.00. The van der Waals surface area contributed by atoms with E-state index in [1.807, 2.05) is 0 Å². The van der Waals surface area contributed by atoms with Crippen LogP contribution < -0.4 is 10.6 Å². The Hall–Kier alpha value is -3.42. The number of aromatic nitrogens is 3. The van der Waals surface area contributed by atoms with Crippen LogP contribution in [-0.2, 0) is 6.54 Å². The molecular weight excluding hydrogens is 328 g/mol. The molecule has 0 bridgehead atoms. The number of anilines is 2. The van der Waals surface area contributed by atoms with Crippen LogP contribution in [0.2, 0.25) is 0 Å². The van der Waals surface area contributed by atoms with Crippen molar-refractivity contribution < 1.29 is 13.6 Å². The van der Waals surface area contributed by atoms with E-state index in [1.54, 1.807) is 24.5 Å². The highest BCUT2D eigenvalue weighted by atomic mass is 19.2. The molecule has 1 aromatic carbocycles. The highest BCUT2D eigenvalue weighted by Crippen LogP contribution is 2.16. The molecule has 6 nitrogen and oxygen atoms in total. The number of benzene rings is 1. The Bertz CT molecular complexity index is 872. The summed E-state index contributed by atoms with van der Waals surface area (Å²) in [5, 5.41) is 5.47. The summed E-state index contributed by atoms with van der Waals surface area (Å²) in [7, 11) is 0. The number of halogens is 2. The third-order valence-electron chi connectivity index (χ3n) is 3.29. The number of nitrogens with zero attached hydrogens (tertiary/aromatic N) is 3. The van der Waals surface area contributed by atoms with Gasteiger partial charge in [0.05, 0.1) is 5.56 Å². The van der Waals surface area contributed by atoms with E-state index in [1.165, 1.54) is 18.5 Å². The van der Waals surface area contributed by atoms with Gasteiger partial charge in [0.25, 0.3) is 5.91 Å². The molecule has 3 aromatic rings. The average Bonchev–Trinajstić information content (AvgIpc) is 2.64. The molecule has 0 aliphatic heterocycles. The fourth-order valence-corrected chi connectivity index (χ4v) is 2.00. The van der Waals surface area contributed by atoms with Crippen LogP contribution in [0.4, 0.5) is 20.4 Å². The Labute approximate surface area is 142 Å². The van der Waals surface area contributed by atoms with Crippen molar-refractivity contribution in [1.82, 2.24) is 20.3 Å². The Morgan fingerprint density at radius 1 is 1.00 bits per heavy atom. The molecule has 0 radical (unpaired) electrons. The molecule has 2 aromatic heterocycles. The minimum absolute atomic E-state index is 0.164. The maximum absolute atomic E-state index is 13.2. The van der Waals surface area contributed by atoms with Crippen molar-refractivity contribution in [3.05, 3.63) is 77.9 Å². The van der Waals surface area contributed by atoms with E-state index in [9.17, 15) is 13.6 Å². The van der Waals surface area contributed by atoms with Crippen LogP contribution in [-0.4, -0.2) is 20.9 Å². The molecule has 3 rings (SSSR count). The lowest BCUT2D eigenvalue weighted by Gasteiger charge is -2.07. The lowest BCUT2D eigenvalue weighted by atomic mass is 10.2. The summed E-state index contributed by atoms with van der Waals surface area (Å²) < 4.78 is 26.1. The standard InChI is InChI=1S/C17H13F2N5O/c18-14-2-1-13(7-15(14)19)24-17-22-9-12(10-23-17)16(25)21-8-11-3-5-20-6-4-11/h1-7,9-10H,8H2,(H,21,25)(H,22,23,24). The lowest BCUT2D eigenvalue weighted by Crippen LogP contribution is -2.23. The number of nitrogens with one attached hydrogen (secondary N) is 2. The molecule has 2 N–H and O–H groups in total. The molecule has 0 aliphatic rings. The number of hydrogen-bond donors (Lipinski definition) is 2. The Morgan fingerprint density at radius 3 is 2.40 bits per heavy atom. The normalized spacial score (nSPS) is 10.3. The second kappa shape index (κ2) is 7.43. The smallest absolute Gasteiger partial charge is 0.254 e. The minimum Gasteiger partial charge on any atom is -0.348 e. The van der Waals surface area contributed by atoms with Gasteiger partial charge in [-0.2, -0.15) is 0 Å². The molecule has 0 aliphatic carbocycles. The highest BCUT2D eigenvalue weighted by Gasteiger charge is 2.08. The molecule has 2 heterocycles. The molecule has 0 saturated carbocycles. The number of hydrogen-bond acceptors (Lipinski definition) is 5. The molecule has 25 heavy (non-hydrogen) atoms. The van der Waals surface area contributed by atoms with Crippen molar-refractivity contribution in [2.24, 2.45) is 0 Å². The summed E-state index contributed by atoms with van der Waals surface area (Å²) in [6, 6.07) is 6.95. The third kappa shape index (κ3) is 4.31. The minimum atomic E-state index is -0.975. The van der Waals surface area contributed by atoms with Crippen molar-refractivity contribution in [2.45, 2.75) is 6.54 Å². The van der Waals surface area contributed by atoms with Gasteiger partial charge in [0, 0.05) is 43.1 Å². The summed E-state index contributed by atoms with van der Waals surface area (Å²) in [6.45, 7) is 0.357. The van der Waals surface area contributed by atoms with Gasteiger partial charge in [0.1, 0.15) is 0 Å². The number of carbonyl (C=O) groups excluding carboxylic acids is 1. The number of amides is 1. The van der Waals surface area contributed by atoms with Crippen molar-refractivity contribution in [3.63, 3.8) is 0 Å². The molecule has 0 atom stereocenters. The summed E-state index contributed by atoms with van der Waals surface area (Å²) in [6.07, 6.45) is 5.97. The zero-order chi connectivity index (χ0) is 17.6. The molecule has 8 heteroatoms. The molecule has 1 amide bonds. The highest BCUT2D eigenvalue weighted by molar-refractivity contribution is 5.93. The van der Waals surface area contributed by atoms with E-state index < -0.39 is 11.6 Å². The van der Waals surface area contributed by atoms with E-state index in [0.29, 0.717) is 12.2 Å². The molecule has 126 valence electrons. The molecule has 0 unspecified atom stereocenters. The predicted octanol–water partition coefficient (Wildman–Crippen LogP) is 2.82. The van der Waals surface area contributed by atoms with E-state index in [-0.39, 0.29) is 17.4 Å². The van der Waals surface area contributed by atoms with Gasteiger partial charge in [-0.25, -0.2) is 18.7 Å². The average molecular weight is 341 g/mol. The predicted molar refractivity (Wildman–Crippen MR) is 87.1 cm³/mol. The zero-order valence-corrected chi connectivity index (χ0v) is 12.9. The van der Waals surface area contributed by atoms with Crippen molar-refractivity contribution in [3.8, 4) is 0 Å². The first-order valence-electron chi connectivity index (χ1n) is 7.33. The second-order valence-electron chi connectivity index (χ2n) is 5.09. The van der Waals surface area contributed by atoms with Gasteiger partial charge >= 0.3 is 0 Å². The first kappa shape index (κ1) is 16.4. The summed E-state index contributed by atoms with van der Waals surface area (Å²) in [5.41, 5.74) is 1.50. The van der Waals surface area contributed by atoms with Gasteiger partial charge in [0.2, 0.25) is 5.95 Å². The molecular formula is C17H13F2N5O. The van der Waals surface area contributed by atoms with Gasteiger partial charge in [-0.3, -0.25) is 9.78 Å². The van der Waals surface area contributed by atoms with Crippen LogP contribution in [0, 0.1) is 11.6 Å². The van der Waals surface area contributed by atoms with E-state index in [0.717, 1.165) is 17.7 Å². The lowest BCUT2D eigenvalue weighted by molar-refractivity contribution is 0.0950.